The van der Waals surface area contributed by atoms with Gasteiger partial charge in [0.1, 0.15) is 5.82 Å². The van der Waals surface area contributed by atoms with Crippen LogP contribution in [0.15, 0.2) is 6.20 Å². The SMILES string of the molecule is CNCC1(c2ncc(C3CCCCC3)[nH]2)CC1. The van der Waals surface area contributed by atoms with Gasteiger partial charge in [-0.3, -0.25) is 0 Å². The minimum atomic E-state index is 0.335. The summed E-state index contributed by atoms with van der Waals surface area (Å²) in [4.78, 5) is 8.27. The lowest BCUT2D eigenvalue weighted by Crippen LogP contribution is -2.24. The molecule has 0 atom stereocenters. The van der Waals surface area contributed by atoms with Crippen LogP contribution in [-0.4, -0.2) is 23.6 Å². The molecule has 2 N–H and O–H groups in total. The fourth-order valence-corrected chi connectivity index (χ4v) is 3.21. The topological polar surface area (TPSA) is 40.7 Å². The second-order valence-electron chi connectivity index (χ2n) is 5.83. The van der Waals surface area contributed by atoms with Gasteiger partial charge in [-0.25, -0.2) is 4.98 Å². The molecule has 0 unspecified atom stereocenters. The largest absolute Gasteiger partial charge is 0.345 e. The molecule has 1 aromatic rings. The summed E-state index contributed by atoms with van der Waals surface area (Å²) in [5, 5.41) is 3.30. The zero-order chi connectivity index (χ0) is 11.7. The van der Waals surface area contributed by atoms with Gasteiger partial charge in [0.2, 0.25) is 0 Å². The molecule has 0 saturated heterocycles. The fraction of sp³-hybridized carbons (Fsp3) is 0.786. The van der Waals surface area contributed by atoms with E-state index in [0.717, 1.165) is 12.5 Å². The van der Waals surface area contributed by atoms with Gasteiger partial charge in [-0.2, -0.15) is 0 Å². The molecule has 2 aliphatic carbocycles. The minimum Gasteiger partial charge on any atom is -0.345 e. The molecule has 0 aromatic carbocycles. The molecule has 1 aromatic heterocycles. The lowest BCUT2D eigenvalue weighted by atomic mass is 9.87. The first-order chi connectivity index (χ1) is 8.34. The van der Waals surface area contributed by atoms with E-state index < -0.39 is 0 Å². The van der Waals surface area contributed by atoms with Crippen LogP contribution in [0.3, 0.4) is 0 Å². The van der Waals surface area contributed by atoms with E-state index in [2.05, 4.69) is 21.5 Å². The molecule has 2 fully saturated rings. The maximum Gasteiger partial charge on any atom is 0.113 e. The Morgan fingerprint density at radius 1 is 1.35 bits per heavy atom. The van der Waals surface area contributed by atoms with Crippen LogP contribution in [0.4, 0.5) is 0 Å². The van der Waals surface area contributed by atoms with E-state index in [1.807, 2.05) is 7.05 Å². The molecule has 0 aliphatic heterocycles. The van der Waals surface area contributed by atoms with Crippen LogP contribution in [0, 0.1) is 0 Å². The summed E-state index contributed by atoms with van der Waals surface area (Å²) in [5.41, 5.74) is 1.73. The standard InChI is InChI=1S/C14H23N3/c1-15-10-14(7-8-14)13-16-9-12(17-13)11-5-3-2-4-6-11/h9,11,15H,2-8,10H2,1H3,(H,16,17). The van der Waals surface area contributed by atoms with Gasteiger partial charge in [0.15, 0.2) is 0 Å². The van der Waals surface area contributed by atoms with Crippen molar-refractivity contribution in [3.8, 4) is 0 Å². The molecule has 2 aliphatic rings. The number of hydrogen-bond acceptors (Lipinski definition) is 2. The van der Waals surface area contributed by atoms with Crippen LogP contribution >= 0.6 is 0 Å². The van der Waals surface area contributed by atoms with Crippen molar-refractivity contribution in [2.24, 2.45) is 0 Å². The Morgan fingerprint density at radius 3 is 2.76 bits per heavy atom. The third kappa shape index (κ3) is 2.13. The van der Waals surface area contributed by atoms with Crippen molar-refractivity contribution in [3.05, 3.63) is 17.7 Å². The lowest BCUT2D eigenvalue weighted by Gasteiger charge is -2.20. The quantitative estimate of drug-likeness (QED) is 0.839. The Hall–Kier alpha value is -0.830. The number of aromatic nitrogens is 2. The van der Waals surface area contributed by atoms with E-state index in [1.165, 1.54) is 56.5 Å². The minimum absolute atomic E-state index is 0.335. The third-order valence-electron chi connectivity index (χ3n) is 4.51. The summed E-state index contributed by atoms with van der Waals surface area (Å²) in [6.45, 7) is 1.06. The average molecular weight is 233 g/mol. The molecule has 0 spiro atoms. The van der Waals surface area contributed by atoms with Crippen LogP contribution in [0.25, 0.3) is 0 Å². The second-order valence-corrected chi connectivity index (χ2v) is 5.83. The Bertz CT molecular complexity index is 373. The first-order valence-electron chi connectivity index (χ1n) is 7.04. The Kier molecular flexibility index (Phi) is 2.95. The highest BCUT2D eigenvalue weighted by atomic mass is 15.0. The van der Waals surface area contributed by atoms with Crippen LogP contribution in [-0.2, 0) is 5.41 Å². The summed E-state index contributed by atoms with van der Waals surface area (Å²) in [5.74, 6) is 1.97. The molecular weight excluding hydrogens is 210 g/mol. The van der Waals surface area contributed by atoms with Crippen molar-refractivity contribution in [1.82, 2.24) is 15.3 Å². The summed E-state index contributed by atoms with van der Waals surface area (Å²) >= 11 is 0. The van der Waals surface area contributed by atoms with E-state index in [0.29, 0.717) is 5.41 Å². The monoisotopic (exact) mass is 233 g/mol. The highest BCUT2D eigenvalue weighted by molar-refractivity contribution is 5.22. The molecule has 0 bridgehead atoms. The Balaban J connectivity index is 1.73. The predicted octanol–water partition coefficient (Wildman–Crippen LogP) is 2.71. The molecule has 3 nitrogen and oxygen atoms in total. The number of aromatic amines is 1. The normalized spacial score (nSPS) is 23.8. The van der Waals surface area contributed by atoms with Gasteiger partial charge in [-0.05, 0) is 32.7 Å². The van der Waals surface area contributed by atoms with Crippen molar-refractivity contribution in [2.45, 2.75) is 56.3 Å². The maximum atomic E-state index is 4.65. The highest BCUT2D eigenvalue weighted by Gasteiger charge is 2.46. The number of likely N-dealkylation sites (N-methyl/N-ethyl adjacent to an activating group) is 1. The highest BCUT2D eigenvalue weighted by Crippen LogP contribution is 2.46. The molecular formula is C14H23N3. The lowest BCUT2D eigenvalue weighted by molar-refractivity contribution is 0.436. The molecule has 17 heavy (non-hydrogen) atoms. The van der Waals surface area contributed by atoms with Crippen molar-refractivity contribution in [1.29, 1.82) is 0 Å². The molecule has 3 heteroatoms. The van der Waals surface area contributed by atoms with E-state index in [-0.39, 0.29) is 0 Å². The fourth-order valence-electron chi connectivity index (χ4n) is 3.21. The number of imidazole rings is 1. The predicted molar refractivity (Wildman–Crippen MR) is 69.3 cm³/mol. The van der Waals surface area contributed by atoms with Gasteiger partial charge in [-0.1, -0.05) is 19.3 Å². The van der Waals surface area contributed by atoms with Crippen LogP contribution in [0.2, 0.25) is 0 Å². The van der Waals surface area contributed by atoms with Gasteiger partial charge in [0.25, 0.3) is 0 Å². The molecule has 3 rings (SSSR count). The van der Waals surface area contributed by atoms with Crippen molar-refractivity contribution >= 4 is 0 Å². The summed E-state index contributed by atoms with van der Waals surface area (Å²) in [6.07, 6.45) is 11.6. The molecule has 0 radical (unpaired) electrons. The number of rotatable bonds is 4. The van der Waals surface area contributed by atoms with Gasteiger partial charge >= 0.3 is 0 Å². The Labute approximate surface area is 103 Å². The van der Waals surface area contributed by atoms with E-state index in [1.54, 1.807) is 0 Å². The van der Waals surface area contributed by atoms with Crippen LogP contribution in [0.1, 0.15) is 62.4 Å². The van der Waals surface area contributed by atoms with Crippen molar-refractivity contribution in [2.75, 3.05) is 13.6 Å². The summed E-state index contributed by atoms with van der Waals surface area (Å²) in [6, 6.07) is 0. The first-order valence-corrected chi connectivity index (χ1v) is 7.04. The van der Waals surface area contributed by atoms with Crippen LogP contribution < -0.4 is 5.32 Å². The average Bonchev–Trinajstić information content (AvgIpc) is 2.98. The van der Waals surface area contributed by atoms with E-state index in [4.69, 9.17) is 0 Å². The maximum absolute atomic E-state index is 4.65. The number of H-pyrrole nitrogens is 1. The van der Waals surface area contributed by atoms with Gasteiger partial charge in [0, 0.05) is 29.8 Å². The van der Waals surface area contributed by atoms with Gasteiger partial charge < -0.3 is 10.3 Å². The zero-order valence-electron chi connectivity index (χ0n) is 10.8. The van der Waals surface area contributed by atoms with Gasteiger partial charge in [0.05, 0.1) is 0 Å². The number of hydrogen-bond donors (Lipinski definition) is 2. The summed E-state index contributed by atoms with van der Waals surface area (Å²) in [7, 11) is 2.03. The van der Waals surface area contributed by atoms with Crippen molar-refractivity contribution in [3.63, 3.8) is 0 Å². The van der Waals surface area contributed by atoms with E-state index >= 15 is 0 Å². The second kappa shape index (κ2) is 4.45. The Morgan fingerprint density at radius 2 is 2.12 bits per heavy atom. The number of nitrogens with one attached hydrogen (secondary N) is 2. The smallest absolute Gasteiger partial charge is 0.113 e. The zero-order valence-corrected chi connectivity index (χ0v) is 10.8. The molecule has 2 saturated carbocycles. The molecule has 94 valence electrons. The van der Waals surface area contributed by atoms with Crippen LogP contribution in [0.5, 0.6) is 0 Å². The molecule has 1 heterocycles. The summed E-state index contributed by atoms with van der Waals surface area (Å²) < 4.78 is 0. The third-order valence-corrected chi connectivity index (χ3v) is 4.51. The first kappa shape index (κ1) is 11.3. The van der Waals surface area contributed by atoms with Crippen molar-refractivity contribution < 1.29 is 0 Å². The van der Waals surface area contributed by atoms with E-state index in [9.17, 15) is 0 Å². The van der Waals surface area contributed by atoms with Gasteiger partial charge in [-0.15, -0.1) is 0 Å². The molecule has 0 amide bonds. The number of nitrogens with zero attached hydrogens (tertiary/aromatic N) is 1.